The van der Waals surface area contributed by atoms with E-state index in [0.717, 1.165) is 26.1 Å². The Bertz CT molecular complexity index is 208. The van der Waals surface area contributed by atoms with Crippen molar-refractivity contribution in [3.05, 3.63) is 0 Å². The molecule has 15 heavy (non-hydrogen) atoms. The summed E-state index contributed by atoms with van der Waals surface area (Å²) in [4.78, 5) is 12.9. The van der Waals surface area contributed by atoms with Crippen molar-refractivity contribution in [3.63, 3.8) is 0 Å². The van der Waals surface area contributed by atoms with E-state index in [1.165, 1.54) is 6.42 Å². The lowest BCUT2D eigenvalue weighted by Crippen LogP contribution is -2.50. The fraction of sp³-hybridized carbons (Fsp3) is 0.909. The second-order valence-electron chi connectivity index (χ2n) is 4.53. The van der Waals surface area contributed by atoms with Gasteiger partial charge in [0.1, 0.15) is 0 Å². The van der Waals surface area contributed by atoms with Gasteiger partial charge in [0.2, 0.25) is 5.91 Å². The van der Waals surface area contributed by atoms with E-state index in [1.54, 1.807) is 0 Å². The summed E-state index contributed by atoms with van der Waals surface area (Å²) in [5, 5.41) is 3.55. The molecular formula is C11H23N3O. The van der Waals surface area contributed by atoms with Gasteiger partial charge in [-0.25, -0.2) is 0 Å². The number of nitrogens with two attached hydrogens (primary N) is 1. The van der Waals surface area contributed by atoms with Gasteiger partial charge < -0.3 is 11.1 Å². The molecule has 2 atom stereocenters. The Hall–Kier alpha value is -0.610. The molecule has 0 bridgehead atoms. The first kappa shape index (κ1) is 12.5. The van der Waals surface area contributed by atoms with Crippen molar-refractivity contribution in [2.75, 3.05) is 26.2 Å². The topological polar surface area (TPSA) is 58.4 Å². The zero-order valence-corrected chi connectivity index (χ0v) is 9.83. The molecule has 1 aliphatic heterocycles. The smallest absolute Gasteiger partial charge is 0.231 e. The molecule has 1 rings (SSSR count). The van der Waals surface area contributed by atoms with Crippen molar-refractivity contribution in [1.29, 1.82) is 0 Å². The Morgan fingerprint density at radius 3 is 2.87 bits per heavy atom. The molecular weight excluding hydrogens is 190 g/mol. The zero-order valence-electron chi connectivity index (χ0n) is 9.83. The van der Waals surface area contributed by atoms with E-state index in [-0.39, 0.29) is 5.91 Å². The predicted molar refractivity (Wildman–Crippen MR) is 61.5 cm³/mol. The minimum Gasteiger partial charge on any atom is -0.369 e. The monoisotopic (exact) mass is 213 g/mol. The molecule has 2 unspecified atom stereocenters. The number of piperidine rings is 1. The first-order chi connectivity index (χ1) is 7.13. The molecule has 0 aromatic rings. The van der Waals surface area contributed by atoms with Crippen molar-refractivity contribution in [1.82, 2.24) is 10.2 Å². The summed E-state index contributed by atoms with van der Waals surface area (Å²) < 4.78 is 0. The highest BCUT2D eigenvalue weighted by molar-refractivity contribution is 5.75. The third-order valence-corrected chi connectivity index (χ3v) is 3.03. The first-order valence-electron chi connectivity index (χ1n) is 5.87. The Balaban J connectivity index is 2.30. The van der Waals surface area contributed by atoms with E-state index in [2.05, 4.69) is 24.1 Å². The minimum absolute atomic E-state index is 0.220. The van der Waals surface area contributed by atoms with Crippen LogP contribution in [0.25, 0.3) is 0 Å². The molecule has 0 aliphatic carbocycles. The largest absolute Gasteiger partial charge is 0.369 e. The van der Waals surface area contributed by atoms with Crippen LogP contribution < -0.4 is 11.1 Å². The van der Waals surface area contributed by atoms with Crippen molar-refractivity contribution in [3.8, 4) is 0 Å². The number of carbonyl (C=O) groups excluding carboxylic acids is 1. The third kappa shape index (κ3) is 4.18. The quantitative estimate of drug-likeness (QED) is 0.685. The molecule has 1 heterocycles. The molecule has 1 fully saturated rings. The molecule has 88 valence electrons. The summed E-state index contributed by atoms with van der Waals surface area (Å²) in [6, 6.07) is 0.606. The van der Waals surface area contributed by atoms with Gasteiger partial charge in [0, 0.05) is 19.1 Å². The van der Waals surface area contributed by atoms with Crippen LogP contribution in [0.2, 0.25) is 0 Å². The van der Waals surface area contributed by atoms with Gasteiger partial charge in [0.25, 0.3) is 0 Å². The number of hydrogen-bond donors (Lipinski definition) is 2. The van der Waals surface area contributed by atoms with Crippen LogP contribution in [0.1, 0.15) is 26.7 Å². The third-order valence-electron chi connectivity index (χ3n) is 3.03. The summed E-state index contributed by atoms with van der Waals surface area (Å²) in [5.74, 6) is 0.381. The number of nitrogens with zero attached hydrogens (tertiary/aromatic N) is 1. The summed E-state index contributed by atoms with van der Waals surface area (Å²) in [6.45, 7) is 7.87. The van der Waals surface area contributed by atoms with Gasteiger partial charge in [0.15, 0.2) is 0 Å². The van der Waals surface area contributed by atoms with Crippen molar-refractivity contribution in [2.24, 2.45) is 11.7 Å². The highest BCUT2D eigenvalue weighted by atomic mass is 16.1. The average molecular weight is 213 g/mol. The number of likely N-dealkylation sites (tertiary alicyclic amines) is 1. The molecule has 0 aromatic heterocycles. The molecule has 1 amide bonds. The number of carbonyl (C=O) groups is 1. The van der Waals surface area contributed by atoms with Gasteiger partial charge in [-0.3, -0.25) is 9.69 Å². The predicted octanol–water partition coefficient (Wildman–Crippen LogP) is 0.182. The zero-order chi connectivity index (χ0) is 11.3. The molecule has 0 radical (unpaired) electrons. The minimum atomic E-state index is -0.220. The van der Waals surface area contributed by atoms with E-state index in [0.29, 0.717) is 18.5 Å². The number of amides is 1. The van der Waals surface area contributed by atoms with Crippen LogP contribution in [-0.2, 0) is 4.79 Å². The SMILES string of the molecule is CCCNC1CCN(CC(N)=O)CC1C. The second-order valence-corrected chi connectivity index (χ2v) is 4.53. The molecule has 0 saturated carbocycles. The summed E-state index contributed by atoms with van der Waals surface area (Å²) in [5.41, 5.74) is 5.19. The molecule has 4 heteroatoms. The summed E-state index contributed by atoms with van der Waals surface area (Å²) in [6.07, 6.45) is 2.29. The molecule has 1 saturated heterocycles. The van der Waals surface area contributed by atoms with Crippen molar-refractivity contribution < 1.29 is 4.79 Å². The van der Waals surface area contributed by atoms with Crippen LogP contribution in [0.5, 0.6) is 0 Å². The fourth-order valence-electron chi connectivity index (χ4n) is 2.23. The fourth-order valence-corrected chi connectivity index (χ4v) is 2.23. The Morgan fingerprint density at radius 2 is 2.33 bits per heavy atom. The van der Waals surface area contributed by atoms with Crippen molar-refractivity contribution in [2.45, 2.75) is 32.7 Å². The number of nitrogens with one attached hydrogen (secondary N) is 1. The Kier molecular flexibility index (Phi) is 5.05. The number of hydrogen-bond acceptors (Lipinski definition) is 3. The first-order valence-corrected chi connectivity index (χ1v) is 5.87. The van der Waals surface area contributed by atoms with Crippen LogP contribution >= 0.6 is 0 Å². The van der Waals surface area contributed by atoms with Crippen LogP contribution in [0.3, 0.4) is 0 Å². The maximum Gasteiger partial charge on any atom is 0.231 e. The van der Waals surface area contributed by atoms with E-state index in [4.69, 9.17) is 5.73 Å². The lowest BCUT2D eigenvalue weighted by molar-refractivity contribution is -0.119. The van der Waals surface area contributed by atoms with Gasteiger partial charge in [-0.05, 0) is 25.3 Å². The van der Waals surface area contributed by atoms with Gasteiger partial charge in [-0.1, -0.05) is 13.8 Å². The molecule has 0 spiro atoms. The van der Waals surface area contributed by atoms with Crippen molar-refractivity contribution >= 4 is 5.91 Å². The molecule has 4 nitrogen and oxygen atoms in total. The van der Waals surface area contributed by atoms with E-state index in [1.807, 2.05) is 0 Å². The maximum absolute atomic E-state index is 10.8. The van der Waals surface area contributed by atoms with E-state index < -0.39 is 0 Å². The average Bonchev–Trinajstić information content (AvgIpc) is 2.15. The lowest BCUT2D eigenvalue weighted by atomic mass is 9.94. The van der Waals surface area contributed by atoms with Gasteiger partial charge in [-0.2, -0.15) is 0 Å². The van der Waals surface area contributed by atoms with Gasteiger partial charge >= 0.3 is 0 Å². The van der Waals surface area contributed by atoms with E-state index >= 15 is 0 Å². The van der Waals surface area contributed by atoms with Crippen LogP contribution in [0, 0.1) is 5.92 Å². The second kappa shape index (κ2) is 6.08. The Labute approximate surface area is 92.2 Å². The normalized spacial score (nSPS) is 27.9. The molecule has 0 aromatic carbocycles. The molecule has 1 aliphatic rings. The number of primary amides is 1. The lowest BCUT2D eigenvalue weighted by Gasteiger charge is -2.36. The van der Waals surface area contributed by atoms with Crippen LogP contribution in [0.15, 0.2) is 0 Å². The number of rotatable bonds is 5. The Morgan fingerprint density at radius 1 is 1.60 bits per heavy atom. The maximum atomic E-state index is 10.8. The van der Waals surface area contributed by atoms with Crippen LogP contribution in [0.4, 0.5) is 0 Å². The highest BCUT2D eigenvalue weighted by Crippen LogP contribution is 2.16. The van der Waals surface area contributed by atoms with Crippen LogP contribution in [-0.4, -0.2) is 43.0 Å². The standard InChI is InChI=1S/C11H23N3O/c1-3-5-13-10-4-6-14(7-9(10)2)8-11(12)15/h9-10,13H,3-8H2,1-2H3,(H2,12,15). The highest BCUT2D eigenvalue weighted by Gasteiger charge is 2.25. The van der Waals surface area contributed by atoms with Gasteiger partial charge in [0.05, 0.1) is 6.54 Å². The van der Waals surface area contributed by atoms with E-state index in [9.17, 15) is 4.79 Å². The molecule has 3 N–H and O–H groups in total. The van der Waals surface area contributed by atoms with Gasteiger partial charge in [-0.15, -0.1) is 0 Å². The summed E-state index contributed by atoms with van der Waals surface area (Å²) in [7, 11) is 0. The summed E-state index contributed by atoms with van der Waals surface area (Å²) >= 11 is 0.